The SMILES string of the molecule is CC[C@H](CO)NS(=O)(=O)c1cc(F)ccc1C. The van der Waals surface area contributed by atoms with Crippen LogP contribution in [0.4, 0.5) is 4.39 Å². The number of aliphatic hydroxyl groups is 1. The van der Waals surface area contributed by atoms with Crippen LogP contribution in [0, 0.1) is 12.7 Å². The molecule has 0 amide bonds. The maximum atomic E-state index is 13.0. The molecule has 0 spiro atoms. The number of benzene rings is 1. The van der Waals surface area contributed by atoms with Crippen LogP contribution < -0.4 is 4.72 Å². The van der Waals surface area contributed by atoms with Crippen LogP contribution in [-0.2, 0) is 10.0 Å². The summed E-state index contributed by atoms with van der Waals surface area (Å²) in [5, 5.41) is 8.96. The van der Waals surface area contributed by atoms with Gasteiger partial charge in [0.25, 0.3) is 0 Å². The highest BCUT2D eigenvalue weighted by Crippen LogP contribution is 2.16. The minimum absolute atomic E-state index is 0.0931. The second-order valence-electron chi connectivity index (χ2n) is 3.82. The fraction of sp³-hybridized carbons (Fsp3) is 0.455. The molecule has 96 valence electrons. The zero-order valence-electron chi connectivity index (χ0n) is 9.77. The summed E-state index contributed by atoms with van der Waals surface area (Å²) in [5.74, 6) is -0.604. The Labute approximate surface area is 101 Å². The third kappa shape index (κ3) is 3.49. The minimum Gasteiger partial charge on any atom is -0.395 e. The molecule has 1 aromatic rings. The van der Waals surface area contributed by atoms with Gasteiger partial charge >= 0.3 is 0 Å². The van der Waals surface area contributed by atoms with Crippen molar-refractivity contribution in [2.24, 2.45) is 0 Å². The van der Waals surface area contributed by atoms with Gasteiger partial charge in [-0.3, -0.25) is 0 Å². The predicted octanol–water partition coefficient (Wildman–Crippen LogP) is 1.18. The Balaban J connectivity index is 3.09. The average molecular weight is 261 g/mol. The Morgan fingerprint density at radius 3 is 2.65 bits per heavy atom. The van der Waals surface area contributed by atoms with Crippen LogP contribution in [0.2, 0.25) is 0 Å². The summed E-state index contributed by atoms with van der Waals surface area (Å²) in [5.41, 5.74) is 0.465. The first-order valence-electron chi connectivity index (χ1n) is 5.30. The van der Waals surface area contributed by atoms with Gasteiger partial charge in [-0.2, -0.15) is 0 Å². The normalized spacial score (nSPS) is 13.6. The lowest BCUT2D eigenvalue weighted by atomic mass is 10.2. The molecule has 6 heteroatoms. The Hall–Kier alpha value is -0.980. The summed E-state index contributed by atoms with van der Waals surface area (Å²) in [6.07, 6.45) is 0.462. The standard InChI is InChI=1S/C11H16FNO3S/c1-3-10(7-14)13-17(15,16)11-6-9(12)5-4-8(11)2/h4-6,10,13-14H,3,7H2,1-2H3/t10-/m1/s1. The van der Waals surface area contributed by atoms with Crippen molar-refractivity contribution in [3.8, 4) is 0 Å². The zero-order chi connectivity index (χ0) is 13.1. The number of aryl methyl sites for hydroxylation is 1. The van der Waals surface area contributed by atoms with E-state index in [1.165, 1.54) is 12.1 Å². The van der Waals surface area contributed by atoms with Crippen LogP contribution >= 0.6 is 0 Å². The Kier molecular flexibility index (Phi) is 4.62. The fourth-order valence-corrected chi connectivity index (χ4v) is 2.96. The highest BCUT2D eigenvalue weighted by Gasteiger charge is 2.20. The van der Waals surface area contributed by atoms with E-state index in [-0.39, 0.29) is 11.5 Å². The van der Waals surface area contributed by atoms with Gasteiger partial charge < -0.3 is 5.11 Å². The molecule has 0 saturated heterocycles. The molecule has 1 rings (SSSR count). The maximum absolute atomic E-state index is 13.0. The average Bonchev–Trinajstić information content (AvgIpc) is 2.29. The molecule has 0 aliphatic carbocycles. The summed E-state index contributed by atoms with van der Waals surface area (Å²) in [7, 11) is -3.79. The van der Waals surface area contributed by atoms with E-state index in [4.69, 9.17) is 5.11 Å². The number of rotatable bonds is 5. The molecule has 0 fully saturated rings. The van der Waals surface area contributed by atoms with Gasteiger partial charge in [-0.05, 0) is 31.0 Å². The summed E-state index contributed by atoms with van der Waals surface area (Å²) >= 11 is 0. The van der Waals surface area contributed by atoms with Crippen LogP contribution in [0.5, 0.6) is 0 Å². The first-order valence-corrected chi connectivity index (χ1v) is 6.78. The third-order valence-corrected chi connectivity index (χ3v) is 4.14. The fourth-order valence-electron chi connectivity index (χ4n) is 1.40. The van der Waals surface area contributed by atoms with Crippen LogP contribution in [0.1, 0.15) is 18.9 Å². The molecule has 0 aromatic heterocycles. The number of nitrogens with one attached hydrogen (secondary N) is 1. The van der Waals surface area contributed by atoms with Crippen molar-refractivity contribution in [1.82, 2.24) is 4.72 Å². The van der Waals surface area contributed by atoms with E-state index in [9.17, 15) is 12.8 Å². The number of sulfonamides is 1. The van der Waals surface area contributed by atoms with Gasteiger partial charge in [0.2, 0.25) is 10.0 Å². The lowest BCUT2D eigenvalue weighted by Crippen LogP contribution is -2.37. The highest BCUT2D eigenvalue weighted by molar-refractivity contribution is 7.89. The van der Waals surface area contributed by atoms with Gasteiger partial charge in [0, 0.05) is 6.04 Å². The van der Waals surface area contributed by atoms with E-state index < -0.39 is 21.9 Å². The first kappa shape index (κ1) is 14.1. The lowest BCUT2D eigenvalue weighted by molar-refractivity contribution is 0.254. The van der Waals surface area contributed by atoms with Crippen LogP contribution in [0.25, 0.3) is 0 Å². The zero-order valence-corrected chi connectivity index (χ0v) is 10.6. The van der Waals surface area contributed by atoms with Gasteiger partial charge in [0.1, 0.15) is 5.82 Å². The minimum atomic E-state index is -3.79. The first-order chi connectivity index (χ1) is 7.90. The third-order valence-electron chi connectivity index (χ3n) is 2.47. The Morgan fingerprint density at radius 2 is 2.12 bits per heavy atom. The topological polar surface area (TPSA) is 66.4 Å². The van der Waals surface area contributed by atoms with Crippen molar-refractivity contribution in [3.63, 3.8) is 0 Å². The van der Waals surface area contributed by atoms with Crippen molar-refractivity contribution in [2.75, 3.05) is 6.61 Å². The van der Waals surface area contributed by atoms with Crippen molar-refractivity contribution in [3.05, 3.63) is 29.6 Å². The summed E-state index contributed by atoms with van der Waals surface area (Å²) in [6.45, 7) is 3.06. The lowest BCUT2D eigenvalue weighted by Gasteiger charge is -2.15. The summed E-state index contributed by atoms with van der Waals surface area (Å²) < 4.78 is 39.3. The predicted molar refractivity (Wildman–Crippen MR) is 62.6 cm³/mol. The molecule has 4 nitrogen and oxygen atoms in total. The van der Waals surface area contributed by atoms with E-state index in [1.807, 2.05) is 0 Å². The van der Waals surface area contributed by atoms with E-state index >= 15 is 0 Å². The molecule has 1 aromatic carbocycles. The van der Waals surface area contributed by atoms with Gasteiger partial charge in [-0.25, -0.2) is 17.5 Å². The van der Waals surface area contributed by atoms with E-state index in [0.29, 0.717) is 12.0 Å². The molecule has 0 aliphatic heterocycles. The monoisotopic (exact) mass is 261 g/mol. The van der Waals surface area contributed by atoms with E-state index in [2.05, 4.69) is 4.72 Å². The number of halogens is 1. The molecule has 0 heterocycles. The molecular formula is C11H16FNO3S. The summed E-state index contributed by atoms with van der Waals surface area (Å²) in [4.78, 5) is -0.0931. The van der Waals surface area contributed by atoms with Crippen LogP contribution in [-0.4, -0.2) is 26.2 Å². The largest absolute Gasteiger partial charge is 0.395 e. The van der Waals surface area contributed by atoms with Crippen molar-refractivity contribution >= 4 is 10.0 Å². The van der Waals surface area contributed by atoms with Crippen LogP contribution in [0.3, 0.4) is 0 Å². The molecule has 0 saturated carbocycles. The Morgan fingerprint density at radius 1 is 1.47 bits per heavy atom. The molecule has 17 heavy (non-hydrogen) atoms. The number of hydrogen-bond donors (Lipinski definition) is 2. The smallest absolute Gasteiger partial charge is 0.241 e. The van der Waals surface area contributed by atoms with Crippen molar-refractivity contribution < 1.29 is 17.9 Å². The molecular weight excluding hydrogens is 245 g/mol. The van der Waals surface area contributed by atoms with E-state index in [0.717, 1.165) is 6.07 Å². The van der Waals surface area contributed by atoms with Crippen LogP contribution in [0.15, 0.2) is 23.1 Å². The second kappa shape index (κ2) is 5.57. The maximum Gasteiger partial charge on any atom is 0.241 e. The quantitative estimate of drug-likeness (QED) is 0.836. The number of aliphatic hydroxyl groups excluding tert-OH is 1. The van der Waals surface area contributed by atoms with Gasteiger partial charge in [0.05, 0.1) is 11.5 Å². The molecule has 0 unspecified atom stereocenters. The molecule has 2 N–H and O–H groups in total. The van der Waals surface area contributed by atoms with E-state index in [1.54, 1.807) is 13.8 Å². The molecule has 0 radical (unpaired) electrons. The molecule has 0 bridgehead atoms. The second-order valence-corrected chi connectivity index (χ2v) is 5.50. The Bertz CT molecular complexity index is 483. The van der Waals surface area contributed by atoms with Crippen molar-refractivity contribution in [1.29, 1.82) is 0 Å². The summed E-state index contributed by atoms with van der Waals surface area (Å²) in [6, 6.07) is 3.03. The van der Waals surface area contributed by atoms with Gasteiger partial charge in [-0.15, -0.1) is 0 Å². The molecule has 1 atom stereocenters. The number of hydrogen-bond acceptors (Lipinski definition) is 3. The van der Waals surface area contributed by atoms with Crippen molar-refractivity contribution in [2.45, 2.75) is 31.2 Å². The molecule has 0 aliphatic rings. The van der Waals surface area contributed by atoms with Gasteiger partial charge in [0.15, 0.2) is 0 Å². The highest BCUT2D eigenvalue weighted by atomic mass is 32.2. The van der Waals surface area contributed by atoms with Gasteiger partial charge in [-0.1, -0.05) is 13.0 Å².